The van der Waals surface area contributed by atoms with Gasteiger partial charge in [-0.2, -0.15) is 12.6 Å². The second kappa shape index (κ2) is 4.56. The first kappa shape index (κ1) is 10.5. The van der Waals surface area contributed by atoms with Crippen LogP contribution in [0.5, 0.6) is 0 Å². The van der Waals surface area contributed by atoms with E-state index < -0.39 is 0 Å². The van der Waals surface area contributed by atoms with Crippen LogP contribution in [0.2, 0.25) is 0 Å². The highest BCUT2D eigenvalue weighted by molar-refractivity contribution is 7.80. The Morgan fingerprint density at radius 2 is 2.08 bits per heavy atom. The Balaban J connectivity index is 2.97. The van der Waals surface area contributed by atoms with Gasteiger partial charge in [-0.05, 0) is 30.0 Å². The van der Waals surface area contributed by atoms with Crippen molar-refractivity contribution in [2.24, 2.45) is 0 Å². The maximum absolute atomic E-state index is 4.15. The van der Waals surface area contributed by atoms with Crippen molar-refractivity contribution in [2.45, 2.75) is 26.7 Å². The normalized spacial score (nSPS) is 10.5. The molecule has 1 nitrogen and oxygen atoms in total. The van der Waals surface area contributed by atoms with Crippen molar-refractivity contribution in [1.82, 2.24) is 0 Å². The van der Waals surface area contributed by atoms with E-state index >= 15 is 0 Å². The molecule has 0 fully saturated rings. The van der Waals surface area contributed by atoms with Crippen LogP contribution in [0, 0.1) is 6.92 Å². The zero-order valence-electron chi connectivity index (χ0n) is 8.46. The van der Waals surface area contributed by atoms with Crippen LogP contribution in [0.1, 0.15) is 30.9 Å². The second-order valence-electron chi connectivity index (χ2n) is 3.56. The smallest absolute Gasteiger partial charge is 0.0581 e. The van der Waals surface area contributed by atoms with Crippen LogP contribution in [0.3, 0.4) is 0 Å². The zero-order valence-corrected chi connectivity index (χ0v) is 9.36. The molecule has 72 valence electrons. The van der Waals surface area contributed by atoms with Gasteiger partial charge < -0.3 is 5.32 Å². The summed E-state index contributed by atoms with van der Waals surface area (Å²) in [4.78, 5) is 0. The lowest BCUT2D eigenvalue weighted by atomic mass is 10.0. The molecule has 1 rings (SSSR count). The maximum atomic E-state index is 4.15. The SMILES string of the molecule is Cc1ccc(C(C)C)cc1NCS. The summed E-state index contributed by atoms with van der Waals surface area (Å²) in [5, 5.41) is 3.24. The molecule has 1 aromatic rings. The molecule has 0 spiro atoms. The Morgan fingerprint density at radius 1 is 1.38 bits per heavy atom. The van der Waals surface area contributed by atoms with E-state index in [9.17, 15) is 0 Å². The Bertz CT molecular complexity index is 281. The molecule has 0 unspecified atom stereocenters. The summed E-state index contributed by atoms with van der Waals surface area (Å²) < 4.78 is 0. The Morgan fingerprint density at radius 3 is 2.62 bits per heavy atom. The summed E-state index contributed by atoms with van der Waals surface area (Å²) in [5.74, 6) is 1.27. The van der Waals surface area contributed by atoms with Gasteiger partial charge in [-0.15, -0.1) is 0 Å². The summed E-state index contributed by atoms with van der Waals surface area (Å²) in [6.07, 6.45) is 0. The van der Waals surface area contributed by atoms with E-state index in [2.05, 4.69) is 56.9 Å². The molecule has 0 amide bonds. The van der Waals surface area contributed by atoms with Crippen LogP contribution in [0.15, 0.2) is 18.2 Å². The minimum Gasteiger partial charge on any atom is -0.376 e. The van der Waals surface area contributed by atoms with Crippen molar-refractivity contribution >= 4 is 18.3 Å². The standard InChI is InChI=1S/C11H17NS/c1-8(2)10-5-4-9(3)11(6-10)12-7-13/h4-6,8,12-13H,7H2,1-3H3. The lowest BCUT2D eigenvalue weighted by Crippen LogP contribution is -1.98. The average molecular weight is 195 g/mol. The van der Waals surface area contributed by atoms with Gasteiger partial charge in [0.1, 0.15) is 0 Å². The summed E-state index contributed by atoms with van der Waals surface area (Å²) in [6, 6.07) is 6.54. The average Bonchev–Trinajstić information content (AvgIpc) is 2.08. The molecule has 2 heteroatoms. The summed E-state index contributed by atoms with van der Waals surface area (Å²) >= 11 is 4.15. The van der Waals surface area contributed by atoms with Gasteiger partial charge in [0.15, 0.2) is 0 Å². The topological polar surface area (TPSA) is 12.0 Å². The first-order valence-electron chi connectivity index (χ1n) is 4.60. The van der Waals surface area contributed by atoms with Crippen molar-refractivity contribution in [3.05, 3.63) is 29.3 Å². The van der Waals surface area contributed by atoms with E-state index in [1.54, 1.807) is 0 Å². The van der Waals surface area contributed by atoms with Crippen molar-refractivity contribution in [3.8, 4) is 0 Å². The number of anilines is 1. The van der Waals surface area contributed by atoms with Gasteiger partial charge in [0, 0.05) is 5.69 Å². The summed E-state index contributed by atoms with van der Waals surface area (Å²) in [6.45, 7) is 6.51. The Kier molecular flexibility index (Phi) is 3.67. The van der Waals surface area contributed by atoms with Gasteiger partial charge in [0.25, 0.3) is 0 Å². The molecule has 13 heavy (non-hydrogen) atoms. The highest BCUT2D eigenvalue weighted by atomic mass is 32.1. The van der Waals surface area contributed by atoms with Crippen LogP contribution in [0.25, 0.3) is 0 Å². The van der Waals surface area contributed by atoms with Crippen LogP contribution in [-0.4, -0.2) is 5.88 Å². The van der Waals surface area contributed by atoms with E-state index in [1.165, 1.54) is 16.8 Å². The lowest BCUT2D eigenvalue weighted by Gasteiger charge is -2.11. The molecule has 0 aromatic heterocycles. The quantitative estimate of drug-likeness (QED) is 0.556. The maximum Gasteiger partial charge on any atom is 0.0581 e. The molecular weight excluding hydrogens is 178 g/mol. The van der Waals surface area contributed by atoms with Gasteiger partial charge in [-0.1, -0.05) is 26.0 Å². The van der Waals surface area contributed by atoms with Crippen LogP contribution < -0.4 is 5.32 Å². The minimum absolute atomic E-state index is 0.584. The minimum atomic E-state index is 0.584. The molecule has 1 aromatic carbocycles. The molecule has 0 aliphatic rings. The van der Waals surface area contributed by atoms with Crippen LogP contribution in [-0.2, 0) is 0 Å². The van der Waals surface area contributed by atoms with E-state index in [0.29, 0.717) is 11.8 Å². The van der Waals surface area contributed by atoms with E-state index in [-0.39, 0.29) is 0 Å². The van der Waals surface area contributed by atoms with Gasteiger partial charge in [0.2, 0.25) is 0 Å². The predicted octanol–water partition coefficient (Wildman–Crippen LogP) is 3.42. The fraction of sp³-hybridized carbons (Fsp3) is 0.455. The number of hydrogen-bond acceptors (Lipinski definition) is 2. The number of aryl methyl sites for hydroxylation is 1. The lowest BCUT2D eigenvalue weighted by molar-refractivity contribution is 0.866. The molecule has 0 aliphatic heterocycles. The monoisotopic (exact) mass is 195 g/mol. The van der Waals surface area contributed by atoms with Crippen molar-refractivity contribution < 1.29 is 0 Å². The van der Waals surface area contributed by atoms with Crippen molar-refractivity contribution in [3.63, 3.8) is 0 Å². The molecule has 0 heterocycles. The van der Waals surface area contributed by atoms with Gasteiger partial charge >= 0.3 is 0 Å². The van der Waals surface area contributed by atoms with Gasteiger partial charge in [-0.25, -0.2) is 0 Å². The third kappa shape index (κ3) is 2.66. The first-order valence-corrected chi connectivity index (χ1v) is 5.23. The molecule has 1 N–H and O–H groups in total. The zero-order chi connectivity index (χ0) is 9.84. The second-order valence-corrected chi connectivity index (χ2v) is 3.88. The van der Waals surface area contributed by atoms with E-state index in [1.807, 2.05) is 0 Å². The molecule has 0 aliphatic carbocycles. The van der Waals surface area contributed by atoms with E-state index in [4.69, 9.17) is 0 Å². The van der Waals surface area contributed by atoms with Crippen molar-refractivity contribution in [2.75, 3.05) is 11.2 Å². The molecule has 0 bridgehead atoms. The number of rotatable bonds is 3. The summed E-state index contributed by atoms with van der Waals surface area (Å²) in [5.41, 5.74) is 3.84. The highest BCUT2D eigenvalue weighted by Gasteiger charge is 2.02. The summed E-state index contributed by atoms with van der Waals surface area (Å²) in [7, 11) is 0. The first-order chi connectivity index (χ1) is 6.15. The van der Waals surface area contributed by atoms with Crippen molar-refractivity contribution in [1.29, 1.82) is 0 Å². The Labute approximate surface area is 86.0 Å². The number of hydrogen-bond donors (Lipinski definition) is 2. The van der Waals surface area contributed by atoms with Gasteiger partial charge in [0.05, 0.1) is 5.88 Å². The number of nitrogens with one attached hydrogen (secondary N) is 1. The van der Waals surface area contributed by atoms with Gasteiger partial charge in [-0.3, -0.25) is 0 Å². The molecule has 0 radical (unpaired) electrons. The molecule has 0 saturated carbocycles. The molecule has 0 atom stereocenters. The van der Waals surface area contributed by atoms with E-state index in [0.717, 1.165) is 0 Å². The highest BCUT2D eigenvalue weighted by Crippen LogP contribution is 2.22. The molecule has 0 saturated heterocycles. The predicted molar refractivity (Wildman–Crippen MR) is 62.7 cm³/mol. The molecular formula is C11H17NS. The largest absolute Gasteiger partial charge is 0.376 e. The fourth-order valence-electron chi connectivity index (χ4n) is 1.27. The fourth-order valence-corrected chi connectivity index (χ4v) is 1.44. The van der Waals surface area contributed by atoms with Crippen LogP contribution >= 0.6 is 12.6 Å². The van der Waals surface area contributed by atoms with Crippen LogP contribution in [0.4, 0.5) is 5.69 Å². The Hall–Kier alpha value is -0.630. The third-order valence-corrected chi connectivity index (χ3v) is 2.36. The number of benzene rings is 1. The third-order valence-electron chi connectivity index (χ3n) is 2.20. The number of thiol groups is 1.